The van der Waals surface area contributed by atoms with Crippen molar-refractivity contribution in [2.24, 2.45) is 5.73 Å². The van der Waals surface area contributed by atoms with Gasteiger partial charge in [-0.25, -0.2) is 4.79 Å². The Morgan fingerprint density at radius 1 is 1.12 bits per heavy atom. The highest BCUT2D eigenvalue weighted by atomic mass is 28.4. The van der Waals surface area contributed by atoms with Gasteiger partial charge in [-0.2, -0.15) is 0 Å². The second kappa shape index (κ2) is 14.7. The molecule has 6 nitrogen and oxygen atoms in total. The lowest BCUT2D eigenvalue weighted by Gasteiger charge is -2.28. The molecule has 0 aliphatic carbocycles. The molecule has 0 aromatic heterocycles. The number of urea groups is 1. The van der Waals surface area contributed by atoms with Crippen molar-refractivity contribution in [1.29, 1.82) is 0 Å². The largest absolute Gasteiger partial charge is 0.500 e. The molecule has 0 bridgehead atoms. The van der Waals surface area contributed by atoms with Crippen molar-refractivity contribution in [2.45, 2.75) is 33.2 Å². The van der Waals surface area contributed by atoms with E-state index in [4.69, 9.17) is 19.0 Å². The fourth-order valence-corrected chi connectivity index (χ4v) is 4.72. The van der Waals surface area contributed by atoms with Gasteiger partial charge in [0.2, 0.25) is 0 Å². The van der Waals surface area contributed by atoms with E-state index in [1.165, 1.54) is 5.56 Å². The molecule has 0 aliphatic rings. The molecule has 3 N–H and O–H groups in total. The van der Waals surface area contributed by atoms with Gasteiger partial charge in [0.1, 0.15) is 0 Å². The van der Waals surface area contributed by atoms with E-state index in [0.29, 0.717) is 32.4 Å². The zero-order valence-electron chi connectivity index (χ0n) is 15.6. The van der Waals surface area contributed by atoms with Crippen LogP contribution in [0.1, 0.15) is 32.8 Å². The van der Waals surface area contributed by atoms with Crippen LogP contribution in [0.25, 0.3) is 6.08 Å². The molecule has 2 amide bonds. The minimum atomic E-state index is -2.56. The molecule has 1 rings (SSSR count). The smallest absolute Gasteiger partial charge is 0.374 e. The van der Waals surface area contributed by atoms with Crippen LogP contribution in [-0.2, 0) is 13.3 Å². The maximum absolute atomic E-state index is 10.5. The van der Waals surface area contributed by atoms with Gasteiger partial charge in [0.25, 0.3) is 0 Å². The molecule has 0 spiro atoms. The molecule has 142 valence electrons. The second-order valence-electron chi connectivity index (χ2n) is 4.99. The van der Waals surface area contributed by atoms with Crippen molar-refractivity contribution in [2.75, 3.05) is 26.4 Å². The van der Waals surface area contributed by atoms with Crippen molar-refractivity contribution in [3.8, 4) is 0 Å². The summed E-state index contributed by atoms with van der Waals surface area (Å²) in [5.74, 6) is 0. The van der Waals surface area contributed by atoms with E-state index in [-0.39, 0.29) is 0 Å². The summed E-state index contributed by atoms with van der Waals surface area (Å²) in [6, 6.07) is 10.2. The molecule has 0 saturated carbocycles. The highest BCUT2D eigenvalue weighted by Gasteiger charge is 2.39. The van der Waals surface area contributed by atoms with Crippen molar-refractivity contribution in [3.63, 3.8) is 0 Å². The van der Waals surface area contributed by atoms with Gasteiger partial charge in [-0.05, 0) is 32.8 Å². The average molecular weight is 369 g/mol. The number of rotatable bonds is 11. The van der Waals surface area contributed by atoms with Gasteiger partial charge in [0.15, 0.2) is 0 Å². The molecular weight excluding hydrogens is 336 g/mol. The summed E-state index contributed by atoms with van der Waals surface area (Å²) in [4.78, 5) is 10.5. The Morgan fingerprint density at radius 2 is 1.64 bits per heavy atom. The van der Waals surface area contributed by atoms with Crippen LogP contribution >= 0.6 is 0 Å². The molecule has 0 saturated heterocycles. The first-order valence-electron chi connectivity index (χ1n) is 8.66. The highest BCUT2D eigenvalue weighted by Crippen LogP contribution is 2.17. The number of nitrogens with two attached hydrogens (primary N) is 1. The fraction of sp³-hybridized carbons (Fsp3) is 0.500. The number of hydrogen-bond donors (Lipinski definition) is 2. The van der Waals surface area contributed by atoms with Crippen LogP contribution < -0.4 is 11.1 Å². The Balaban J connectivity index is 0.000000593. The Labute approximate surface area is 152 Å². The zero-order valence-corrected chi connectivity index (χ0v) is 16.6. The average Bonchev–Trinajstić information content (AvgIpc) is 2.61. The van der Waals surface area contributed by atoms with Gasteiger partial charge in [-0.15, -0.1) is 0 Å². The van der Waals surface area contributed by atoms with Crippen LogP contribution in [0.2, 0.25) is 6.04 Å². The quantitative estimate of drug-likeness (QED) is 0.463. The minimum absolute atomic E-state index is 0.511. The first kappa shape index (κ1) is 23.3. The van der Waals surface area contributed by atoms with Crippen molar-refractivity contribution in [1.82, 2.24) is 5.32 Å². The van der Waals surface area contributed by atoms with Crippen LogP contribution in [0, 0.1) is 0 Å². The van der Waals surface area contributed by atoms with E-state index < -0.39 is 14.8 Å². The van der Waals surface area contributed by atoms with Gasteiger partial charge in [-0.1, -0.05) is 43.0 Å². The number of carbonyl (C=O) groups excluding carboxylic acids is 1. The third kappa shape index (κ3) is 11.5. The predicted molar refractivity (Wildman–Crippen MR) is 104 cm³/mol. The summed E-state index contributed by atoms with van der Waals surface area (Å²) < 4.78 is 17.0. The standard InChI is InChI=1S/C10H24N2O4Si.C8H8/c1-4-14-17(15-5-2,16-6-3)9-7-8-12-10(11)13;1-2-8-6-4-3-5-7-8/h4-9H2,1-3H3,(H3,11,12,13);2-7H,1H2. The molecular formula is C18H32N2O4Si. The molecule has 0 aliphatic heterocycles. The van der Waals surface area contributed by atoms with E-state index in [1.54, 1.807) is 0 Å². The monoisotopic (exact) mass is 368 g/mol. The molecule has 25 heavy (non-hydrogen) atoms. The normalized spacial score (nSPS) is 10.5. The van der Waals surface area contributed by atoms with E-state index in [1.807, 2.05) is 57.2 Å². The number of nitrogens with one attached hydrogen (secondary N) is 1. The molecule has 1 aromatic rings. The molecule has 7 heteroatoms. The van der Waals surface area contributed by atoms with Crippen LogP contribution in [0.3, 0.4) is 0 Å². The van der Waals surface area contributed by atoms with E-state index >= 15 is 0 Å². The van der Waals surface area contributed by atoms with E-state index in [9.17, 15) is 4.79 Å². The lowest BCUT2D eigenvalue weighted by atomic mass is 10.2. The van der Waals surface area contributed by atoms with Crippen molar-refractivity contribution >= 4 is 20.9 Å². The third-order valence-electron chi connectivity index (χ3n) is 3.09. The third-order valence-corrected chi connectivity index (χ3v) is 6.24. The summed E-state index contributed by atoms with van der Waals surface area (Å²) in [7, 11) is -2.56. The fourth-order valence-electron chi connectivity index (χ4n) is 2.11. The summed E-state index contributed by atoms with van der Waals surface area (Å²) >= 11 is 0. The Hall–Kier alpha value is -1.67. The van der Waals surface area contributed by atoms with Crippen molar-refractivity contribution < 1.29 is 18.1 Å². The summed E-state index contributed by atoms with van der Waals surface area (Å²) in [5.41, 5.74) is 6.16. The SMILES string of the molecule is C=Cc1ccccc1.CCO[Si](CCCNC(N)=O)(OCC)OCC. The van der Waals surface area contributed by atoms with Gasteiger partial charge in [-0.3, -0.25) is 0 Å². The lowest BCUT2D eigenvalue weighted by Crippen LogP contribution is -2.46. The molecule has 0 fully saturated rings. The number of carbonyl (C=O) groups is 1. The Bertz CT molecular complexity index is 454. The molecule has 0 unspecified atom stereocenters. The van der Waals surface area contributed by atoms with Gasteiger partial charge in [0.05, 0.1) is 0 Å². The van der Waals surface area contributed by atoms with Crippen LogP contribution in [0.4, 0.5) is 4.79 Å². The van der Waals surface area contributed by atoms with Crippen LogP contribution in [0.5, 0.6) is 0 Å². The van der Waals surface area contributed by atoms with Gasteiger partial charge in [0, 0.05) is 32.4 Å². The highest BCUT2D eigenvalue weighted by molar-refractivity contribution is 6.60. The number of benzene rings is 1. The second-order valence-corrected chi connectivity index (χ2v) is 7.72. The zero-order chi connectivity index (χ0) is 19.0. The number of amides is 2. The maximum atomic E-state index is 10.5. The summed E-state index contributed by atoms with van der Waals surface area (Å²) in [5, 5.41) is 2.54. The number of primary amides is 1. The molecule has 0 atom stereocenters. The maximum Gasteiger partial charge on any atom is 0.500 e. The molecule has 0 heterocycles. The first-order chi connectivity index (χ1) is 12.0. The van der Waals surface area contributed by atoms with Gasteiger partial charge >= 0.3 is 14.8 Å². The molecule has 0 radical (unpaired) electrons. The number of hydrogen-bond acceptors (Lipinski definition) is 4. The first-order valence-corrected chi connectivity index (χ1v) is 10.6. The van der Waals surface area contributed by atoms with E-state index in [2.05, 4.69) is 11.9 Å². The molecule has 1 aromatic carbocycles. The van der Waals surface area contributed by atoms with Gasteiger partial charge < -0.3 is 24.3 Å². The Morgan fingerprint density at radius 3 is 2.00 bits per heavy atom. The topological polar surface area (TPSA) is 82.8 Å². The minimum Gasteiger partial charge on any atom is -0.374 e. The predicted octanol–water partition coefficient (Wildman–Crippen LogP) is 3.42. The summed E-state index contributed by atoms with van der Waals surface area (Å²) in [6.45, 7) is 11.6. The van der Waals surface area contributed by atoms with E-state index in [0.717, 1.165) is 6.42 Å². The van der Waals surface area contributed by atoms with Crippen LogP contribution in [0.15, 0.2) is 36.9 Å². The summed E-state index contributed by atoms with van der Waals surface area (Å²) in [6.07, 6.45) is 2.56. The van der Waals surface area contributed by atoms with Crippen molar-refractivity contribution in [3.05, 3.63) is 42.5 Å². The lowest BCUT2D eigenvalue weighted by molar-refractivity contribution is 0.0708. The van der Waals surface area contributed by atoms with Crippen LogP contribution in [-0.4, -0.2) is 41.2 Å². The Kier molecular flexibility index (Phi) is 13.7.